The van der Waals surface area contributed by atoms with Crippen molar-refractivity contribution in [3.8, 4) is 0 Å². The Hall–Kier alpha value is -2.22. The number of anilines is 2. The SMILES string of the molecule is Cc1nc(N(C)C)ncc1C(=O)NCCCc1csc(N)n1. The second-order valence-corrected chi connectivity index (χ2v) is 5.99. The largest absolute Gasteiger partial charge is 0.375 e. The van der Waals surface area contributed by atoms with Gasteiger partial charge < -0.3 is 16.0 Å². The van der Waals surface area contributed by atoms with Gasteiger partial charge in [0.25, 0.3) is 5.91 Å². The molecule has 2 heterocycles. The molecule has 1 amide bonds. The van der Waals surface area contributed by atoms with Crippen LogP contribution in [0.1, 0.15) is 28.2 Å². The predicted molar refractivity (Wildman–Crippen MR) is 88.3 cm³/mol. The third-order valence-corrected chi connectivity index (χ3v) is 3.80. The van der Waals surface area contributed by atoms with Crippen LogP contribution in [-0.4, -0.2) is 41.5 Å². The van der Waals surface area contributed by atoms with E-state index >= 15 is 0 Å². The first-order valence-electron chi connectivity index (χ1n) is 6.96. The highest BCUT2D eigenvalue weighted by Gasteiger charge is 2.12. The van der Waals surface area contributed by atoms with Gasteiger partial charge in [-0.05, 0) is 19.8 Å². The van der Waals surface area contributed by atoms with E-state index in [9.17, 15) is 4.79 Å². The zero-order chi connectivity index (χ0) is 16.1. The highest BCUT2D eigenvalue weighted by atomic mass is 32.1. The van der Waals surface area contributed by atoms with E-state index in [4.69, 9.17) is 5.73 Å². The van der Waals surface area contributed by atoms with E-state index in [-0.39, 0.29) is 5.91 Å². The number of hydrogen-bond acceptors (Lipinski definition) is 7. The smallest absolute Gasteiger partial charge is 0.254 e. The van der Waals surface area contributed by atoms with Crippen LogP contribution in [0.5, 0.6) is 0 Å². The van der Waals surface area contributed by atoms with Crippen molar-refractivity contribution < 1.29 is 4.79 Å². The Balaban J connectivity index is 1.84. The molecule has 7 nitrogen and oxygen atoms in total. The minimum absolute atomic E-state index is 0.152. The lowest BCUT2D eigenvalue weighted by Crippen LogP contribution is -2.26. The highest BCUT2D eigenvalue weighted by molar-refractivity contribution is 7.13. The fraction of sp³-hybridized carbons (Fsp3) is 0.429. The topological polar surface area (TPSA) is 97.0 Å². The molecule has 2 aromatic heterocycles. The standard InChI is InChI=1S/C14H20N6OS/c1-9-11(7-17-14(18-9)20(2)3)12(21)16-6-4-5-10-8-22-13(15)19-10/h7-8H,4-6H2,1-3H3,(H2,15,19)(H,16,21). The number of nitrogen functional groups attached to an aromatic ring is 1. The number of thiazole rings is 1. The van der Waals surface area contributed by atoms with Gasteiger partial charge in [-0.2, -0.15) is 0 Å². The lowest BCUT2D eigenvalue weighted by atomic mass is 10.2. The van der Waals surface area contributed by atoms with Crippen molar-refractivity contribution in [2.45, 2.75) is 19.8 Å². The molecule has 0 bridgehead atoms. The summed E-state index contributed by atoms with van der Waals surface area (Å²) < 4.78 is 0. The summed E-state index contributed by atoms with van der Waals surface area (Å²) in [7, 11) is 3.72. The molecule has 0 saturated heterocycles. The van der Waals surface area contributed by atoms with Crippen LogP contribution >= 0.6 is 11.3 Å². The summed E-state index contributed by atoms with van der Waals surface area (Å²) in [6.45, 7) is 2.38. The summed E-state index contributed by atoms with van der Waals surface area (Å²) in [6.07, 6.45) is 3.17. The third kappa shape index (κ3) is 4.14. The van der Waals surface area contributed by atoms with Crippen LogP contribution in [0, 0.1) is 6.92 Å². The van der Waals surface area contributed by atoms with Crippen molar-refractivity contribution in [3.63, 3.8) is 0 Å². The number of carbonyl (C=O) groups excluding carboxylic acids is 1. The minimum Gasteiger partial charge on any atom is -0.375 e. The molecule has 0 unspecified atom stereocenters. The molecule has 0 saturated carbocycles. The Morgan fingerprint density at radius 1 is 1.41 bits per heavy atom. The van der Waals surface area contributed by atoms with Gasteiger partial charge in [0.2, 0.25) is 5.95 Å². The van der Waals surface area contributed by atoms with Gasteiger partial charge >= 0.3 is 0 Å². The van der Waals surface area contributed by atoms with Gasteiger partial charge in [0.15, 0.2) is 5.13 Å². The van der Waals surface area contributed by atoms with E-state index in [1.807, 2.05) is 26.4 Å². The van der Waals surface area contributed by atoms with Crippen LogP contribution in [0.15, 0.2) is 11.6 Å². The van der Waals surface area contributed by atoms with Gasteiger partial charge in [-0.15, -0.1) is 11.3 Å². The van der Waals surface area contributed by atoms with E-state index in [0.717, 1.165) is 18.5 Å². The molecule has 0 aliphatic rings. The molecule has 0 aliphatic heterocycles. The number of aromatic nitrogens is 3. The Morgan fingerprint density at radius 2 is 2.18 bits per heavy atom. The molecule has 3 N–H and O–H groups in total. The molecule has 0 spiro atoms. The molecule has 8 heteroatoms. The second-order valence-electron chi connectivity index (χ2n) is 5.10. The zero-order valence-corrected chi connectivity index (χ0v) is 13.8. The Labute approximate surface area is 133 Å². The normalized spacial score (nSPS) is 10.5. The van der Waals surface area contributed by atoms with Crippen molar-refractivity contribution in [1.82, 2.24) is 20.3 Å². The van der Waals surface area contributed by atoms with Crippen LogP contribution in [-0.2, 0) is 6.42 Å². The first kappa shape index (κ1) is 16.2. The van der Waals surface area contributed by atoms with Gasteiger partial charge in [-0.25, -0.2) is 15.0 Å². The first-order valence-corrected chi connectivity index (χ1v) is 7.84. The maximum Gasteiger partial charge on any atom is 0.254 e. The molecule has 0 aliphatic carbocycles. The summed E-state index contributed by atoms with van der Waals surface area (Å²) in [6, 6.07) is 0. The van der Waals surface area contributed by atoms with Crippen molar-refractivity contribution >= 4 is 28.3 Å². The van der Waals surface area contributed by atoms with Crippen LogP contribution in [0.3, 0.4) is 0 Å². The lowest BCUT2D eigenvalue weighted by Gasteiger charge is -2.12. The van der Waals surface area contributed by atoms with Crippen LogP contribution in [0.4, 0.5) is 11.1 Å². The van der Waals surface area contributed by atoms with E-state index in [0.29, 0.717) is 28.9 Å². The summed E-state index contributed by atoms with van der Waals surface area (Å²) in [5.41, 5.74) is 7.72. The number of amides is 1. The Morgan fingerprint density at radius 3 is 2.77 bits per heavy atom. The second kappa shape index (κ2) is 7.17. The van der Waals surface area contributed by atoms with E-state index in [1.165, 1.54) is 11.3 Å². The number of nitrogens with zero attached hydrogens (tertiary/aromatic N) is 4. The Kier molecular flexibility index (Phi) is 5.26. The molecule has 0 aromatic carbocycles. The summed E-state index contributed by atoms with van der Waals surface area (Å²) in [5.74, 6) is 0.441. The van der Waals surface area contributed by atoms with Crippen LogP contribution in [0.25, 0.3) is 0 Å². The zero-order valence-electron chi connectivity index (χ0n) is 13.0. The molecule has 118 valence electrons. The maximum absolute atomic E-state index is 12.1. The fourth-order valence-electron chi connectivity index (χ4n) is 1.90. The number of nitrogens with one attached hydrogen (secondary N) is 1. The average Bonchev–Trinajstić information content (AvgIpc) is 2.88. The molecular formula is C14H20N6OS. The quantitative estimate of drug-likeness (QED) is 0.778. The molecule has 22 heavy (non-hydrogen) atoms. The highest BCUT2D eigenvalue weighted by Crippen LogP contribution is 2.12. The fourth-order valence-corrected chi connectivity index (χ4v) is 2.49. The van der Waals surface area contributed by atoms with Crippen molar-refractivity contribution in [2.24, 2.45) is 0 Å². The molecule has 0 radical (unpaired) electrons. The maximum atomic E-state index is 12.1. The first-order chi connectivity index (χ1) is 10.5. The number of carbonyl (C=O) groups is 1. The predicted octanol–water partition coefficient (Wildman–Crippen LogP) is 1.25. The number of nitrogens with two attached hydrogens (primary N) is 1. The van der Waals surface area contributed by atoms with Crippen molar-refractivity contribution in [2.75, 3.05) is 31.3 Å². The van der Waals surface area contributed by atoms with Gasteiger partial charge in [-0.3, -0.25) is 4.79 Å². The lowest BCUT2D eigenvalue weighted by molar-refractivity contribution is 0.0952. The van der Waals surface area contributed by atoms with Gasteiger partial charge in [0.05, 0.1) is 17.0 Å². The monoisotopic (exact) mass is 320 g/mol. The molecule has 0 atom stereocenters. The van der Waals surface area contributed by atoms with Crippen LogP contribution in [0.2, 0.25) is 0 Å². The summed E-state index contributed by atoms with van der Waals surface area (Å²) in [5, 5.41) is 5.39. The molecule has 0 fully saturated rings. The van der Waals surface area contributed by atoms with E-state index in [1.54, 1.807) is 11.1 Å². The summed E-state index contributed by atoms with van der Waals surface area (Å²) in [4.78, 5) is 26.6. The Bertz CT molecular complexity index is 655. The van der Waals surface area contributed by atoms with Crippen molar-refractivity contribution in [1.29, 1.82) is 0 Å². The number of aryl methyl sites for hydroxylation is 2. The summed E-state index contributed by atoms with van der Waals surface area (Å²) >= 11 is 1.43. The average molecular weight is 320 g/mol. The molecule has 2 aromatic rings. The van der Waals surface area contributed by atoms with E-state index < -0.39 is 0 Å². The van der Waals surface area contributed by atoms with Crippen LogP contribution < -0.4 is 16.0 Å². The van der Waals surface area contributed by atoms with Gasteiger partial charge in [0, 0.05) is 32.2 Å². The van der Waals surface area contributed by atoms with Gasteiger partial charge in [0.1, 0.15) is 0 Å². The molecule has 2 rings (SSSR count). The number of hydrogen-bond donors (Lipinski definition) is 2. The third-order valence-electron chi connectivity index (χ3n) is 3.08. The van der Waals surface area contributed by atoms with E-state index in [2.05, 4.69) is 20.3 Å². The van der Waals surface area contributed by atoms with Crippen molar-refractivity contribution in [3.05, 3.63) is 28.5 Å². The van der Waals surface area contributed by atoms with Gasteiger partial charge in [-0.1, -0.05) is 0 Å². The number of rotatable bonds is 6. The molecular weight excluding hydrogens is 300 g/mol. The minimum atomic E-state index is -0.152.